The van der Waals surface area contributed by atoms with Gasteiger partial charge >= 0.3 is 0 Å². The SMILES string of the molecule is CCCCN(C)c1nccc(C(=O)Nc2cccc(C#N)c2)n1. The summed E-state index contributed by atoms with van der Waals surface area (Å²) in [6.07, 6.45) is 3.70. The molecule has 0 radical (unpaired) electrons. The first-order valence-corrected chi connectivity index (χ1v) is 7.49. The molecule has 0 unspecified atom stereocenters. The minimum atomic E-state index is -0.326. The average Bonchev–Trinajstić information content (AvgIpc) is 2.59. The molecule has 1 amide bonds. The van der Waals surface area contributed by atoms with Crippen molar-refractivity contribution in [3.8, 4) is 6.07 Å². The first kappa shape index (κ1) is 16.4. The Morgan fingerprint density at radius 3 is 2.96 bits per heavy atom. The van der Waals surface area contributed by atoms with Crippen LogP contribution < -0.4 is 10.2 Å². The monoisotopic (exact) mass is 309 g/mol. The Balaban J connectivity index is 2.11. The maximum absolute atomic E-state index is 12.3. The summed E-state index contributed by atoms with van der Waals surface area (Å²) in [6.45, 7) is 2.96. The van der Waals surface area contributed by atoms with E-state index in [1.54, 1.807) is 36.5 Å². The molecular formula is C17H19N5O. The van der Waals surface area contributed by atoms with Crippen LogP contribution in [0.2, 0.25) is 0 Å². The second kappa shape index (κ2) is 7.90. The summed E-state index contributed by atoms with van der Waals surface area (Å²) in [4.78, 5) is 22.7. The van der Waals surface area contributed by atoms with Crippen molar-refractivity contribution in [1.82, 2.24) is 9.97 Å². The number of nitrogens with one attached hydrogen (secondary N) is 1. The molecule has 23 heavy (non-hydrogen) atoms. The molecule has 0 atom stereocenters. The van der Waals surface area contributed by atoms with Gasteiger partial charge < -0.3 is 10.2 Å². The van der Waals surface area contributed by atoms with E-state index in [1.165, 1.54) is 0 Å². The molecule has 6 heteroatoms. The quantitative estimate of drug-likeness (QED) is 0.887. The Hall–Kier alpha value is -2.94. The van der Waals surface area contributed by atoms with E-state index in [1.807, 2.05) is 18.0 Å². The number of aromatic nitrogens is 2. The van der Waals surface area contributed by atoms with E-state index >= 15 is 0 Å². The van der Waals surface area contributed by atoms with Crippen molar-refractivity contribution in [3.05, 3.63) is 47.8 Å². The number of amides is 1. The lowest BCUT2D eigenvalue weighted by Gasteiger charge is -2.16. The molecule has 0 aliphatic heterocycles. The fourth-order valence-corrected chi connectivity index (χ4v) is 2.02. The Kier molecular flexibility index (Phi) is 5.64. The number of anilines is 2. The minimum absolute atomic E-state index is 0.292. The lowest BCUT2D eigenvalue weighted by atomic mass is 10.2. The van der Waals surface area contributed by atoms with Crippen LogP contribution in [0.1, 0.15) is 35.8 Å². The van der Waals surface area contributed by atoms with Crippen molar-refractivity contribution in [2.75, 3.05) is 23.8 Å². The Morgan fingerprint density at radius 2 is 2.22 bits per heavy atom. The van der Waals surface area contributed by atoms with E-state index in [-0.39, 0.29) is 5.91 Å². The van der Waals surface area contributed by atoms with Gasteiger partial charge in [0.1, 0.15) is 5.69 Å². The number of carbonyl (C=O) groups excluding carboxylic acids is 1. The van der Waals surface area contributed by atoms with Crippen LogP contribution in [0.25, 0.3) is 0 Å². The molecule has 2 aromatic rings. The number of nitriles is 1. The van der Waals surface area contributed by atoms with Crippen LogP contribution in [-0.2, 0) is 0 Å². The molecule has 0 saturated carbocycles. The predicted molar refractivity (Wildman–Crippen MR) is 89.3 cm³/mol. The number of rotatable bonds is 6. The zero-order chi connectivity index (χ0) is 16.7. The Labute approximate surface area is 135 Å². The fourth-order valence-electron chi connectivity index (χ4n) is 2.02. The van der Waals surface area contributed by atoms with Gasteiger partial charge in [-0.3, -0.25) is 4.79 Å². The van der Waals surface area contributed by atoms with Crippen molar-refractivity contribution in [1.29, 1.82) is 5.26 Å². The van der Waals surface area contributed by atoms with Crippen LogP contribution in [0.3, 0.4) is 0 Å². The van der Waals surface area contributed by atoms with E-state index < -0.39 is 0 Å². The molecule has 118 valence electrons. The van der Waals surface area contributed by atoms with E-state index in [0.29, 0.717) is 22.9 Å². The molecule has 0 bridgehead atoms. The first-order valence-electron chi connectivity index (χ1n) is 7.49. The van der Waals surface area contributed by atoms with Gasteiger partial charge in [0, 0.05) is 25.5 Å². The molecule has 1 aromatic carbocycles. The molecule has 1 N–H and O–H groups in total. The molecule has 1 heterocycles. The topological polar surface area (TPSA) is 81.9 Å². The van der Waals surface area contributed by atoms with Crippen LogP contribution in [0, 0.1) is 11.3 Å². The summed E-state index contributed by atoms with van der Waals surface area (Å²) < 4.78 is 0. The maximum atomic E-state index is 12.3. The number of carbonyl (C=O) groups is 1. The maximum Gasteiger partial charge on any atom is 0.274 e. The minimum Gasteiger partial charge on any atom is -0.344 e. The second-order valence-corrected chi connectivity index (χ2v) is 5.16. The smallest absolute Gasteiger partial charge is 0.274 e. The number of benzene rings is 1. The summed E-state index contributed by atoms with van der Waals surface area (Å²) in [7, 11) is 1.91. The molecule has 0 saturated heterocycles. The zero-order valence-corrected chi connectivity index (χ0v) is 13.3. The Morgan fingerprint density at radius 1 is 1.39 bits per heavy atom. The van der Waals surface area contributed by atoms with E-state index in [0.717, 1.165) is 19.4 Å². The van der Waals surface area contributed by atoms with Crippen LogP contribution in [0.15, 0.2) is 36.5 Å². The summed E-state index contributed by atoms with van der Waals surface area (Å²) in [5.74, 6) is 0.199. The van der Waals surface area contributed by atoms with Gasteiger partial charge in [-0.25, -0.2) is 9.97 Å². The summed E-state index contributed by atoms with van der Waals surface area (Å²) >= 11 is 0. The molecular weight excluding hydrogens is 290 g/mol. The highest BCUT2D eigenvalue weighted by Gasteiger charge is 2.11. The highest BCUT2D eigenvalue weighted by molar-refractivity contribution is 6.03. The lowest BCUT2D eigenvalue weighted by Crippen LogP contribution is -2.22. The van der Waals surface area contributed by atoms with E-state index in [4.69, 9.17) is 5.26 Å². The van der Waals surface area contributed by atoms with Gasteiger partial charge in [-0.05, 0) is 30.7 Å². The molecule has 6 nitrogen and oxygen atoms in total. The van der Waals surface area contributed by atoms with Gasteiger partial charge in [-0.2, -0.15) is 5.26 Å². The standard InChI is InChI=1S/C17H19N5O/c1-3-4-10-22(2)17-19-9-8-15(21-17)16(23)20-14-7-5-6-13(11-14)12-18/h5-9,11H,3-4,10H2,1-2H3,(H,20,23). The van der Waals surface area contributed by atoms with Crippen molar-refractivity contribution in [3.63, 3.8) is 0 Å². The van der Waals surface area contributed by atoms with Gasteiger partial charge in [-0.15, -0.1) is 0 Å². The molecule has 0 aliphatic rings. The Bertz CT molecular complexity index is 723. The van der Waals surface area contributed by atoms with Gasteiger partial charge in [-0.1, -0.05) is 19.4 Å². The third kappa shape index (κ3) is 4.51. The van der Waals surface area contributed by atoms with Crippen LogP contribution in [-0.4, -0.2) is 29.5 Å². The number of hydrogen-bond donors (Lipinski definition) is 1. The number of nitrogens with zero attached hydrogens (tertiary/aromatic N) is 4. The van der Waals surface area contributed by atoms with Gasteiger partial charge in [0.2, 0.25) is 5.95 Å². The summed E-state index contributed by atoms with van der Waals surface area (Å²) in [5, 5.41) is 11.6. The second-order valence-electron chi connectivity index (χ2n) is 5.16. The normalized spacial score (nSPS) is 9.96. The van der Waals surface area contributed by atoms with E-state index in [2.05, 4.69) is 22.2 Å². The fraction of sp³-hybridized carbons (Fsp3) is 0.294. The van der Waals surface area contributed by atoms with Gasteiger partial charge in [0.15, 0.2) is 0 Å². The highest BCUT2D eigenvalue weighted by atomic mass is 16.1. The van der Waals surface area contributed by atoms with Crippen molar-refractivity contribution < 1.29 is 4.79 Å². The van der Waals surface area contributed by atoms with Crippen molar-refractivity contribution in [2.24, 2.45) is 0 Å². The number of unbranched alkanes of at least 4 members (excludes halogenated alkanes) is 1. The molecule has 1 aromatic heterocycles. The van der Waals surface area contributed by atoms with Crippen molar-refractivity contribution in [2.45, 2.75) is 19.8 Å². The summed E-state index contributed by atoms with van der Waals surface area (Å²) in [6, 6.07) is 10.4. The largest absolute Gasteiger partial charge is 0.344 e. The first-order chi connectivity index (χ1) is 11.1. The molecule has 0 fully saturated rings. The van der Waals surface area contributed by atoms with Crippen LogP contribution >= 0.6 is 0 Å². The molecule has 0 spiro atoms. The van der Waals surface area contributed by atoms with Gasteiger partial charge in [0.05, 0.1) is 11.6 Å². The van der Waals surface area contributed by atoms with E-state index in [9.17, 15) is 4.79 Å². The third-order valence-corrected chi connectivity index (χ3v) is 3.31. The lowest BCUT2D eigenvalue weighted by molar-refractivity contribution is 0.102. The zero-order valence-electron chi connectivity index (χ0n) is 13.3. The average molecular weight is 309 g/mol. The third-order valence-electron chi connectivity index (χ3n) is 3.31. The van der Waals surface area contributed by atoms with Crippen molar-refractivity contribution >= 4 is 17.5 Å². The number of hydrogen-bond acceptors (Lipinski definition) is 5. The van der Waals surface area contributed by atoms with Crippen LogP contribution in [0.5, 0.6) is 0 Å². The molecule has 0 aliphatic carbocycles. The predicted octanol–water partition coefficient (Wildman–Crippen LogP) is 2.84. The summed E-state index contributed by atoms with van der Waals surface area (Å²) in [5.41, 5.74) is 1.35. The van der Waals surface area contributed by atoms with Crippen LogP contribution in [0.4, 0.5) is 11.6 Å². The molecule has 2 rings (SSSR count). The highest BCUT2D eigenvalue weighted by Crippen LogP contribution is 2.12. The van der Waals surface area contributed by atoms with Gasteiger partial charge in [0.25, 0.3) is 5.91 Å².